The van der Waals surface area contributed by atoms with Gasteiger partial charge in [0.2, 0.25) is 5.91 Å². The highest BCUT2D eigenvalue weighted by Gasteiger charge is 2.24. The van der Waals surface area contributed by atoms with Gasteiger partial charge in [0, 0.05) is 31.4 Å². The van der Waals surface area contributed by atoms with Crippen molar-refractivity contribution in [3.05, 3.63) is 18.0 Å². The monoisotopic (exact) mass is 347 g/mol. The van der Waals surface area contributed by atoms with Crippen LogP contribution in [0.1, 0.15) is 55.3 Å². The maximum Gasteiger partial charge on any atom is 0.257 e. The predicted molar refractivity (Wildman–Crippen MR) is 95.2 cm³/mol. The fraction of sp³-hybridized carbons (Fsp3) is 0.722. The number of hydrogen-bond donors (Lipinski definition) is 2. The molecule has 0 aromatic carbocycles. The molecule has 1 aromatic heterocycles. The van der Waals surface area contributed by atoms with Crippen LogP contribution in [0.5, 0.6) is 0 Å². The molecule has 25 heavy (non-hydrogen) atoms. The maximum absolute atomic E-state index is 12.6. The average Bonchev–Trinajstić information content (AvgIpc) is 3.10. The van der Waals surface area contributed by atoms with Gasteiger partial charge in [-0.3, -0.25) is 14.3 Å². The lowest BCUT2D eigenvalue weighted by Gasteiger charge is -2.32. The quantitative estimate of drug-likeness (QED) is 0.838. The molecule has 2 N–H and O–H groups in total. The zero-order valence-electron chi connectivity index (χ0n) is 15.0. The van der Waals surface area contributed by atoms with E-state index in [1.807, 2.05) is 11.9 Å². The van der Waals surface area contributed by atoms with Crippen molar-refractivity contribution in [3.8, 4) is 0 Å². The van der Waals surface area contributed by atoms with E-state index in [1.54, 1.807) is 17.1 Å². The van der Waals surface area contributed by atoms with Crippen molar-refractivity contribution in [3.63, 3.8) is 0 Å². The molecule has 1 aromatic rings. The van der Waals surface area contributed by atoms with E-state index < -0.39 is 0 Å². The number of rotatable bonds is 5. The molecule has 2 amide bonds. The van der Waals surface area contributed by atoms with Gasteiger partial charge in [-0.1, -0.05) is 19.3 Å². The van der Waals surface area contributed by atoms with Gasteiger partial charge in [-0.2, -0.15) is 5.10 Å². The molecule has 1 saturated carbocycles. The summed E-state index contributed by atoms with van der Waals surface area (Å²) in [6.07, 6.45) is 11.1. The predicted octanol–water partition coefficient (Wildman–Crippen LogP) is 1.16. The third kappa shape index (κ3) is 4.81. The van der Waals surface area contributed by atoms with Crippen molar-refractivity contribution in [1.82, 2.24) is 25.3 Å². The summed E-state index contributed by atoms with van der Waals surface area (Å²) in [7, 11) is 1.93. The van der Waals surface area contributed by atoms with Crippen molar-refractivity contribution in [2.45, 2.75) is 63.6 Å². The summed E-state index contributed by atoms with van der Waals surface area (Å²) in [4.78, 5) is 26.7. The molecule has 1 atom stereocenters. The third-order valence-electron chi connectivity index (χ3n) is 5.27. The van der Waals surface area contributed by atoms with Gasteiger partial charge in [-0.25, -0.2) is 0 Å². The van der Waals surface area contributed by atoms with Crippen LogP contribution in [0.15, 0.2) is 12.4 Å². The van der Waals surface area contributed by atoms with Crippen molar-refractivity contribution >= 4 is 11.8 Å². The van der Waals surface area contributed by atoms with Crippen LogP contribution in [-0.4, -0.2) is 58.7 Å². The number of hydrogen-bond acceptors (Lipinski definition) is 4. The van der Waals surface area contributed by atoms with Crippen molar-refractivity contribution in [2.24, 2.45) is 0 Å². The van der Waals surface area contributed by atoms with Crippen LogP contribution in [-0.2, 0) is 11.3 Å². The summed E-state index contributed by atoms with van der Waals surface area (Å²) >= 11 is 0. The molecule has 1 aliphatic carbocycles. The van der Waals surface area contributed by atoms with E-state index in [0.717, 1.165) is 38.8 Å². The Morgan fingerprint density at radius 1 is 1.16 bits per heavy atom. The normalized spacial score (nSPS) is 22.0. The zero-order valence-corrected chi connectivity index (χ0v) is 15.0. The topological polar surface area (TPSA) is 79.3 Å². The Labute approximate surface area is 149 Å². The van der Waals surface area contributed by atoms with Crippen LogP contribution in [0.3, 0.4) is 0 Å². The Bertz CT molecular complexity index is 594. The van der Waals surface area contributed by atoms with E-state index in [1.165, 1.54) is 19.3 Å². The van der Waals surface area contributed by atoms with Gasteiger partial charge in [0.15, 0.2) is 0 Å². The number of nitrogens with zero attached hydrogens (tertiary/aromatic N) is 3. The highest BCUT2D eigenvalue weighted by molar-refractivity contribution is 5.93. The first-order valence-corrected chi connectivity index (χ1v) is 9.44. The Hall–Kier alpha value is -1.89. The molecule has 138 valence electrons. The highest BCUT2D eigenvalue weighted by atomic mass is 16.2. The summed E-state index contributed by atoms with van der Waals surface area (Å²) in [5, 5.41) is 10.5. The first-order valence-electron chi connectivity index (χ1n) is 9.44. The summed E-state index contributed by atoms with van der Waals surface area (Å²) < 4.78 is 1.56. The van der Waals surface area contributed by atoms with Gasteiger partial charge in [-0.05, 0) is 32.7 Å². The molecular formula is C18H29N5O2. The second kappa shape index (κ2) is 8.47. The van der Waals surface area contributed by atoms with Crippen molar-refractivity contribution in [2.75, 3.05) is 20.1 Å². The fourth-order valence-electron chi connectivity index (χ4n) is 3.81. The molecule has 2 heterocycles. The molecule has 1 unspecified atom stereocenters. The summed E-state index contributed by atoms with van der Waals surface area (Å²) in [6.45, 7) is 1.68. The van der Waals surface area contributed by atoms with Gasteiger partial charge < -0.3 is 15.5 Å². The van der Waals surface area contributed by atoms with E-state index in [-0.39, 0.29) is 18.4 Å². The Morgan fingerprint density at radius 3 is 2.68 bits per heavy atom. The first-order chi connectivity index (χ1) is 12.2. The summed E-state index contributed by atoms with van der Waals surface area (Å²) in [5.41, 5.74) is 0.558. The summed E-state index contributed by atoms with van der Waals surface area (Å²) in [5.74, 6) is -0.0268. The van der Waals surface area contributed by atoms with E-state index in [0.29, 0.717) is 17.6 Å². The second-order valence-corrected chi connectivity index (χ2v) is 7.21. The second-order valence-electron chi connectivity index (χ2n) is 7.21. The van der Waals surface area contributed by atoms with Crippen molar-refractivity contribution in [1.29, 1.82) is 0 Å². The minimum absolute atomic E-state index is 0.00103. The van der Waals surface area contributed by atoms with E-state index in [2.05, 4.69) is 15.7 Å². The summed E-state index contributed by atoms with van der Waals surface area (Å²) in [6, 6.07) is 0.652. The smallest absolute Gasteiger partial charge is 0.257 e. The van der Waals surface area contributed by atoms with Gasteiger partial charge >= 0.3 is 0 Å². The van der Waals surface area contributed by atoms with Crippen LogP contribution in [0.4, 0.5) is 0 Å². The van der Waals surface area contributed by atoms with Crippen LogP contribution in [0, 0.1) is 0 Å². The number of likely N-dealkylation sites (tertiary alicyclic amines) is 1. The maximum atomic E-state index is 12.6. The van der Waals surface area contributed by atoms with Crippen LogP contribution >= 0.6 is 0 Å². The SMILES string of the molecule is CNC1CCCN(C(=O)c2cnn(CC(=O)NC3CCCCC3)c2)C1. The van der Waals surface area contributed by atoms with E-state index in [4.69, 9.17) is 0 Å². The molecule has 1 aliphatic heterocycles. The molecule has 0 radical (unpaired) electrons. The fourth-order valence-corrected chi connectivity index (χ4v) is 3.81. The van der Waals surface area contributed by atoms with Gasteiger partial charge in [0.25, 0.3) is 5.91 Å². The number of nitrogens with one attached hydrogen (secondary N) is 2. The Kier molecular flexibility index (Phi) is 6.07. The van der Waals surface area contributed by atoms with Crippen LogP contribution < -0.4 is 10.6 Å². The Morgan fingerprint density at radius 2 is 1.92 bits per heavy atom. The number of amides is 2. The zero-order chi connectivity index (χ0) is 17.6. The van der Waals surface area contributed by atoms with Crippen LogP contribution in [0.2, 0.25) is 0 Å². The minimum Gasteiger partial charge on any atom is -0.352 e. The Balaban J connectivity index is 1.52. The number of carbonyl (C=O) groups is 2. The molecule has 2 fully saturated rings. The lowest BCUT2D eigenvalue weighted by atomic mass is 9.95. The minimum atomic E-state index is -0.0257. The lowest BCUT2D eigenvalue weighted by Crippen LogP contribution is -2.46. The molecule has 1 saturated heterocycles. The van der Waals surface area contributed by atoms with Gasteiger partial charge in [-0.15, -0.1) is 0 Å². The van der Waals surface area contributed by atoms with Gasteiger partial charge in [0.05, 0.1) is 11.8 Å². The number of likely N-dealkylation sites (N-methyl/N-ethyl adjacent to an activating group) is 1. The average molecular weight is 347 g/mol. The largest absolute Gasteiger partial charge is 0.352 e. The standard InChI is InChI=1S/C18H29N5O2/c1-19-16-8-5-9-22(12-16)18(25)14-10-20-23(11-14)13-17(24)21-15-6-3-2-4-7-15/h10-11,15-16,19H,2-9,12-13H2,1H3,(H,21,24). The first kappa shape index (κ1) is 17.9. The van der Waals surface area contributed by atoms with E-state index >= 15 is 0 Å². The van der Waals surface area contributed by atoms with Crippen LogP contribution in [0.25, 0.3) is 0 Å². The lowest BCUT2D eigenvalue weighted by molar-refractivity contribution is -0.122. The molecule has 3 rings (SSSR count). The van der Waals surface area contributed by atoms with E-state index in [9.17, 15) is 9.59 Å². The molecule has 0 bridgehead atoms. The molecular weight excluding hydrogens is 318 g/mol. The number of aromatic nitrogens is 2. The number of carbonyl (C=O) groups excluding carboxylic acids is 2. The van der Waals surface area contributed by atoms with Crippen molar-refractivity contribution < 1.29 is 9.59 Å². The molecule has 0 spiro atoms. The molecule has 2 aliphatic rings. The van der Waals surface area contributed by atoms with Gasteiger partial charge in [0.1, 0.15) is 6.54 Å². The molecule has 7 nitrogen and oxygen atoms in total. The molecule has 7 heteroatoms. The third-order valence-corrected chi connectivity index (χ3v) is 5.27. The highest BCUT2D eigenvalue weighted by Crippen LogP contribution is 2.17. The number of piperidine rings is 1.